The van der Waals surface area contributed by atoms with Crippen LogP contribution in [0.15, 0.2) is 30.5 Å². The molecule has 0 saturated heterocycles. The minimum atomic E-state index is -1.06. The first-order valence-electron chi connectivity index (χ1n) is 5.19. The van der Waals surface area contributed by atoms with Crippen molar-refractivity contribution in [1.29, 1.82) is 0 Å². The predicted molar refractivity (Wildman–Crippen MR) is 62.9 cm³/mol. The zero-order valence-electron chi connectivity index (χ0n) is 9.23. The Labute approximate surface area is 97.4 Å². The molecule has 0 spiro atoms. The van der Waals surface area contributed by atoms with Gasteiger partial charge in [-0.2, -0.15) is 0 Å². The SMILES string of the molecule is C[C@H](NC(=O)c1c[nH]c2ccccc12)C(=O)O. The lowest BCUT2D eigenvalue weighted by Gasteiger charge is -2.08. The number of hydrogen-bond donors (Lipinski definition) is 3. The number of para-hydroxylation sites is 1. The van der Waals surface area contributed by atoms with Gasteiger partial charge in [0, 0.05) is 17.1 Å². The second-order valence-electron chi connectivity index (χ2n) is 3.78. The van der Waals surface area contributed by atoms with Crippen LogP contribution in [0.3, 0.4) is 0 Å². The van der Waals surface area contributed by atoms with Crippen molar-refractivity contribution >= 4 is 22.8 Å². The number of carboxylic acids is 1. The lowest BCUT2D eigenvalue weighted by molar-refractivity contribution is -0.138. The molecule has 3 N–H and O–H groups in total. The fourth-order valence-electron chi connectivity index (χ4n) is 1.60. The van der Waals surface area contributed by atoms with E-state index in [1.165, 1.54) is 6.92 Å². The minimum absolute atomic E-state index is 0.391. The molecule has 2 rings (SSSR count). The molecule has 17 heavy (non-hydrogen) atoms. The molecule has 1 atom stereocenters. The van der Waals surface area contributed by atoms with Gasteiger partial charge in [0.2, 0.25) is 0 Å². The van der Waals surface area contributed by atoms with Crippen molar-refractivity contribution < 1.29 is 14.7 Å². The summed E-state index contributed by atoms with van der Waals surface area (Å²) in [6.07, 6.45) is 1.58. The van der Waals surface area contributed by atoms with Gasteiger partial charge in [-0.1, -0.05) is 18.2 Å². The van der Waals surface area contributed by atoms with Crippen LogP contribution in [0.2, 0.25) is 0 Å². The lowest BCUT2D eigenvalue weighted by Crippen LogP contribution is -2.38. The zero-order chi connectivity index (χ0) is 12.4. The summed E-state index contributed by atoms with van der Waals surface area (Å²) in [5.74, 6) is -1.45. The average molecular weight is 232 g/mol. The third-order valence-corrected chi connectivity index (χ3v) is 2.55. The molecule has 2 aromatic rings. The van der Waals surface area contributed by atoms with Gasteiger partial charge in [0.1, 0.15) is 6.04 Å². The third-order valence-electron chi connectivity index (χ3n) is 2.55. The molecular weight excluding hydrogens is 220 g/mol. The van der Waals surface area contributed by atoms with Gasteiger partial charge in [0.05, 0.1) is 5.56 Å². The quantitative estimate of drug-likeness (QED) is 0.747. The fraction of sp³-hybridized carbons (Fsp3) is 0.167. The largest absolute Gasteiger partial charge is 0.480 e. The van der Waals surface area contributed by atoms with Crippen molar-refractivity contribution in [2.45, 2.75) is 13.0 Å². The number of nitrogens with one attached hydrogen (secondary N) is 2. The van der Waals surface area contributed by atoms with Gasteiger partial charge in [-0.25, -0.2) is 0 Å². The van der Waals surface area contributed by atoms with E-state index in [0.29, 0.717) is 5.56 Å². The van der Waals surface area contributed by atoms with Crippen molar-refractivity contribution in [3.05, 3.63) is 36.0 Å². The van der Waals surface area contributed by atoms with Crippen LogP contribution in [0.5, 0.6) is 0 Å². The summed E-state index contributed by atoms with van der Waals surface area (Å²) in [6.45, 7) is 1.43. The highest BCUT2D eigenvalue weighted by Gasteiger charge is 2.17. The van der Waals surface area contributed by atoms with Crippen LogP contribution in [-0.2, 0) is 4.79 Å². The molecule has 1 aromatic carbocycles. The van der Waals surface area contributed by atoms with Crippen LogP contribution in [0.25, 0.3) is 10.9 Å². The number of carbonyl (C=O) groups is 2. The number of carbonyl (C=O) groups excluding carboxylic acids is 1. The maximum Gasteiger partial charge on any atom is 0.325 e. The molecule has 1 amide bonds. The molecule has 1 heterocycles. The number of benzene rings is 1. The maximum atomic E-state index is 11.8. The summed E-state index contributed by atoms with van der Waals surface area (Å²) in [5.41, 5.74) is 1.30. The van der Waals surface area contributed by atoms with E-state index in [2.05, 4.69) is 10.3 Å². The highest BCUT2D eigenvalue weighted by atomic mass is 16.4. The summed E-state index contributed by atoms with van der Waals surface area (Å²) in [4.78, 5) is 25.4. The minimum Gasteiger partial charge on any atom is -0.480 e. The number of fused-ring (bicyclic) bond motifs is 1. The van der Waals surface area contributed by atoms with E-state index >= 15 is 0 Å². The van der Waals surface area contributed by atoms with Crippen LogP contribution in [0.4, 0.5) is 0 Å². The first-order chi connectivity index (χ1) is 8.09. The number of carboxylic acid groups (broad SMARTS) is 1. The highest BCUT2D eigenvalue weighted by Crippen LogP contribution is 2.17. The molecule has 0 aliphatic heterocycles. The van der Waals surface area contributed by atoms with Crippen LogP contribution >= 0.6 is 0 Å². The van der Waals surface area contributed by atoms with Crippen LogP contribution < -0.4 is 5.32 Å². The Morgan fingerprint density at radius 2 is 2.06 bits per heavy atom. The van der Waals surface area contributed by atoms with Crippen molar-refractivity contribution in [3.8, 4) is 0 Å². The van der Waals surface area contributed by atoms with Crippen LogP contribution in [-0.4, -0.2) is 28.0 Å². The third kappa shape index (κ3) is 2.13. The van der Waals surface area contributed by atoms with E-state index in [4.69, 9.17) is 5.11 Å². The van der Waals surface area contributed by atoms with Crippen molar-refractivity contribution in [3.63, 3.8) is 0 Å². The van der Waals surface area contributed by atoms with E-state index < -0.39 is 17.9 Å². The molecule has 0 aliphatic rings. The van der Waals surface area contributed by atoms with Gasteiger partial charge < -0.3 is 15.4 Å². The first kappa shape index (κ1) is 11.2. The number of aromatic nitrogens is 1. The topological polar surface area (TPSA) is 82.2 Å². The lowest BCUT2D eigenvalue weighted by atomic mass is 10.1. The van der Waals surface area contributed by atoms with E-state index in [-0.39, 0.29) is 0 Å². The summed E-state index contributed by atoms with van der Waals surface area (Å²) in [5, 5.41) is 11.9. The molecule has 0 bridgehead atoms. The van der Waals surface area contributed by atoms with Crippen molar-refractivity contribution in [1.82, 2.24) is 10.3 Å². The number of H-pyrrole nitrogens is 1. The van der Waals surface area contributed by atoms with Crippen LogP contribution in [0.1, 0.15) is 17.3 Å². The molecule has 88 valence electrons. The Balaban J connectivity index is 2.28. The summed E-state index contributed by atoms with van der Waals surface area (Å²) in [7, 11) is 0. The second-order valence-corrected chi connectivity index (χ2v) is 3.78. The van der Waals surface area contributed by atoms with E-state index in [9.17, 15) is 9.59 Å². The smallest absolute Gasteiger partial charge is 0.325 e. The van der Waals surface area contributed by atoms with Crippen molar-refractivity contribution in [2.24, 2.45) is 0 Å². The molecule has 5 heteroatoms. The van der Waals surface area contributed by atoms with Gasteiger partial charge in [0.25, 0.3) is 5.91 Å². The van der Waals surface area contributed by atoms with Gasteiger partial charge in [0.15, 0.2) is 0 Å². The summed E-state index contributed by atoms with van der Waals surface area (Å²) in [6, 6.07) is 6.45. The first-order valence-corrected chi connectivity index (χ1v) is 5.19. The number of amides is 1. The normalized spacial score (nSPS) is 12.3. The molecule has 0 radical (unpaired) electrons. The second kappa shape index (κ2) is 4.29. The maximum absolute atomic E-state index is 11.8. The molecule has 0 unspecified atom stereocenters. The van der Waals surface area contributed by atoms with Gasteiger partial charge in [-0.15, -0.1) is 0 Å². The number of aliphatic carboxylic acids is 1. The monoisotopic (exact) mass is 232 g/mol. The molecule has 0 saturated carbocycles. The van der Waals surface area contributed by atoms with Gasteiger partial charge >= 0.3 is 5.97 Å². The average Bonchev–Trinajstić information content (AvgIpc) is 2.72. The Bertz CT molecular complexity index is 574. The molecular formula is C12H12N2O3. The van der Waals surface area contributed by atoms with E-state index in [0.717, 1.165) is 10.9 Å². The predicted octanol–water partition coefficient (Wildman–Crippen LogP) is 1.37. The van der Waals surface area contributed by atoms with Crippen molar-refractivity contribution in [2.75, 3.05) is 0 Å². The Morgan fingerprint density at radius 3 is 2.76 bits per heavy atom. The summed E-state index contributed by atoms with van der Waals surface area (Å²) < 4.78 is 0. The summed E-state index contributed by atoms with van der Waals surface area (Å²) >= 11 is 0. The van der Waals surface area contributed by atoms with E-state index in [1.807, 2.05) is 24.3 Å². The standard InChI is InChI=1S/C12H12N2O3/c1-7(12(16)17)14-11(15)9-6-13-10-5-3-2-4-8(9)10/h2-7,13H,1H3,(H,14,15)(H,16,17)/t7-/m0/s1. The molecule has 5 nitrogen and oxygen atoms in total. The number of hydrogen-bond acceptors (Lipinski definition) is 2. The number of aromatic amines is 1. The van der Waals surface area contributed by atoms with Crippen LogP contribution in [0, 0.1) is 0 Å². The fourth-order valence-corrected chi connectivity index (χ4v) is 1.60. The highest BCUT2D eigenvalue weighted by molar-refractivity contribution is 6.07. The Morgan fingerprint density at radius 1 is 1.35 bits per heavy atom. The van der Waals surface area contributed by atoms with Gasteiger partial charge in [-0.05, 0) is 13.0 Å². The Hall–Kier alpha value is -2.30. The molecule has 0 fully saturated rings. The zero-order valence-corrected chi connectivity index (χ0v) is 9.23. The molecule has 0 aliphatic carbocycles. The number of rotatable bonds is 3. The van der Waals surface area contributed by atoms with E-state index in [1.54, 1.807) is 6.20 Å². The Kier molecular flexibility index (Phi) is 2.82. The molecule has 1 aromatic heterocycles. The van der Waals surface area contributed by atoms with Gasteiger partial charge in [-0.3, -0.25) is 9.59 Å².